The molecule has 3 heterocycles. The van der Waals surface area contributed by atoms with Crippen molar-refractivity contribution in [2.45, 2.75) is 0 Å². The lowest BCUT2D eigenvalue weighted by molar-refractivity contribution is 0.620. The third-order valence-electron chi connectivity index (χ3n) is 9.30. The number of hydrogen-bond donors (Lipinski definition) is 0. The second kappa shape index (κ2) is 11.4. The number of rotatable bonds is 5. The Morgan fingerprint density at radius 3 is 1.74 bits per heavy atom. The van der Waals surface area contributed by atoms with E-state index in [1.807, 2.05) is 84.9 Å². The Bertz CT molecular complexity index is 2780. The highest BCUT2D eigenvalue weighted by Gasteiger charge is 2.22. The van der Waals surface area contributed by atoms with Crippen LogP contribution in [-0.4, -0.2) is 24.5 Å². The van der Waals surface area contributed by atoms with Gasteiger partial charge in [-0.3, -0.25) is 0 Å². The highest BCUT2D eigenvalue weighted by atomic mass is 16.3. The minimum absolute atomic E-state index is 0.592. The van der Waals surface area contributed by atoms with Crippen LogP contribution in [-0.2, 0) is 0 Å². The lowest BCUT2D eigenvalue weighted by Crippen LogP contribution is -2.02. The molecule has 0 radical (unpaired) electrons. The summed E-state index contributed by atoms with van der Waals surface area (Å²) >= 11 is 0. The van der Waals surface area contributed by atoms with E-state index in [-0.39, 0.29) is 0 Å². The second-order valence-corrected chi connectivity index (χ2v) is 12.3. The molecule has 0 spiro atoms. The first kappa shape index (κ1) is 28.1. The van der Waals surface area contributed by atoms with Gasteiger partial charge in [-0.25, -0.2) is 19.9 Å². The van der Waals surface area contributed by atoms with Gasteiger partial charge < -0.3 is 8.98 Å². The van der Waals surface area contributed by atoms with Gasteiger partial charge >= 0.3 is 0 Å². The fraction of sp³-hybridized carbons (Fsp3) is 0. The Balaban J connectivity index is 1.24. The number of para-hydroxylation sites is 4. The van der Waals surface area contributed by atoms with Crippen molar-refractivity contribution in [1.82, 2.24) is 24.5 Å². The molecule has 6 heteroatoms. The Kier molecular flexibility index (Phi) is 6.39. The molecular weight excluding hydrogens is 615 g/mol. The van der Waals surface area contributed by atoms with Crippen molar-refractivity contribution in [1.29, 1.82) is 0 Å². The molecule has 0 fully saturated rings. The van der Waals surface area contributed by atoms with Gasteiger partial charge in [-0.05, 0) is 41.8 Å². The highest BCUT2D eigenvalue weighted by molar-refractivity contribution is 6.15. The number of fused-ring (bicyclic) bond motifs is 5. The van der Waals surface area contributed by atoms with Crippen LogP contribution in [0.1, 0.15) is 0 Å². The Morgan fingerprint density at radius 2 is 1.00 bits per heavy atom. The van der Waals surface area contributed by atoms with Crippen LogP contribution in [0.15, 0.2) is 168 Å². The molecule has 0 atom stereocenters. The summed E-state index contributed by atoms with van der Waals surface area (Å²) in [5.74, 6) is 2.48. The minimum Gasteiger partial charge on any atom is -0.436 e. The number of hydrogen-bond acceptors (Lipinski definition) is 5. The van der Waals surface area contributed by atoms with Gasteiger partial charge in [0.25, 0.3) is 0 Å². The topological polar surface area (TPSA) is 69.6 Å². The lowest BCUT2D eigenvalue weighted by atomic mass is 10.0. The third kappa shape index (κ3) is 4.50. The van der Waals surface area contributed by atoms with Crippen molar-refractivity contribution in [3.05, 3.63) is 164 Å². The SMILES string of the molecule is c1ccc(-c2nc(-c3ccccc3)nc(-c3ccc(-n4c5ccccc5c5cccc(-c6nc7ccccc7o6)c54)c4ccccc34)n2)cc1. The molecule has 0 bridgehead atoms. The van der Waals surface area contributed by atoms with Crippen LogP contribution in [0.2, 0.25) is 0 Å². The Hall–Kier alpha value is -6.92. The number of aromatic nitrogens is 5. The molecule has 0 aliphatic heterocycles. The minimum atomic E-state index is 0.592. The molecule has 10 aromatic rings. The summed E-state index contributed by atoms with van der Waals surface area (Å²) in [5.41, 5.74) is 8.51. The number of benzene rings is 7. The maximum absolute atomic E-state index is 6.36. The van der Waals surface area contributed by atoms with Crippen LogP contribution >= 0.6 is 0 Å². The fourth-order valence-electron chi connectivity index (χ4n) is 7.03. The molecule has 3 aromatic heterocycles. The van der Waals surface area contributed by atoms with Gasteiger partial charge in [0, 0.05) is 32.8 Å². The van der Waals surface area contributed by atoms with E-state index < -0.39 is 0 Å². The van der Waals surface area contributed by atoms with Crippen molar-refractivity contribution in [2.75, 3.05) is 0 Å². The van der Waals surface area contributed by atoms with Crippen molar-refractivity contribution in [2.24, 2.45) is 0 Å². The fourth-order valence-corrected chi connectivity index (χ4v) is 7.03. The van der Waals surface area contributed by atoms with Crippen LogP contribution < -0.4 is 0 Å². The van der Waals surface area contributed by atoms with E-state index in [9.17, 15) is 0 Å². The first-order chi connectivity index (χ1) is 24.8. The van der Waals surface area contributed by atoms with Crippen molar-refractivity contribution < 1.29 is 4.42 Å². The smallest absolute Gasteiger partial charge is 0.229 e. The van der Waals surface area contributed by atoms with Gasteiger partial charge in [0.1, 0.15) is 5.52 Å². The Labute approximate surface area is 287 Å². The van der Waals surface area contributed by atoms with Crippen LogP contribution in [0.4, 0.5) is 0 Å². The van der Waals surface area contributed by atoms with E-state index in [0.29, 0.717) is 23.4 Å². The van der Waals surface area contributed by atoms with E-state index in [1.165, 1.54) is 0 Å². The summed E-state index contributed by atoms with van der Waals surface area (Å²) in [7, 11) is 0. The summed E-state index contributed by atoms with van der Waals surface area (Å²) in [5, 5.41) is 4.40. The quantitative estimate of drug-likeness (QED) is 0.187. The zero-order valence-electron chi connectivity index (χ0n) is 26.7. The van der Waals surface area contributed by atoms with Crippen molar-refractivity contribution in [3.8, 4) is 51.3 Å². The van der Waals surface area contributed by atoms with Gasteiger partial charge in [0.2, 0.25) is 5.89 Å². The zero-order chi connectivity index (χ0) is 33.0. The molecule has 0 unspecified atom stereocenters. The summed E-state index contributed by atoms with van der Waals surface area (Å²) in [4.78, 5) is 20.0. The zero-order valence-corrected chi connectivity index (χ0v) is 26.7. The van der Waals surface area contributed by atoms with E-state index in [0.717, 1.165) is 71.6 Å². The van der Waals surface area contributed by atoms with Gasteiger partial charge in [0.05, 0.1) is 22.3 Å². The van der Waals surface area contributed by atoms with Crippen LogP contribution in [0.25, 0.3) is 95.0 Å². The predicted octanol–water partition coefficient (Wildman–Crippen LogP) is 10.9. The molecule has 10 rings (SSSR count). The first-order valence-electron chi connectivity index (χ1n) is 16.6. The molecule has 0 aliphatic carbocycles. The summed E-state index contributed by atoms with van der Waals surface area (Å²) < 4.78 is 8.71. The largest absolute Gasteiger partial charge is 0.436 e. The van der Waals surface area contributed by atoms with E-state index in [4.69, 9.17) is 24.4 Å². The standard InChI is InChI=1S/C44H27N5O/c1-3-14-28(15-4-1)41-46-42(29-16-5-2-6-17-29)48-43(47-41)34-26-27-38(31-19-8-7-18-30(31)34)49-37-24-11-9-20-32(37)33-21-13-22-35(40(33)49)44-45-36-23-10-12-25-39(36)50-44/h1-27H. The average molecular weight is 642 g/mol. The molecular formula is C44H27N5O. The molecule has 0 amide bonds. The molecule has 50 heavy (non-hydrogen) atoms. The van der Waals surface area contributed by atoms with E-state index in [2.05, 4.69) is 83.4 Å². The van der Waals surface area contributed by atoms with Gasteiger partial charge in [-0.1, -0.05) is 127 Å². The normalized spacial score (nSPS) is 11.6. The molecule has 6 nitrogen and oxygen atoms in total. The Morgan fingerprint density at radius 1 is 0.400 bits per heavy atom. The third-order valence-corrected chi connectivity index (χ3v) is 9.30. The van der Waals surface area contributed by atoms with Crippen LogP contribution in [0.3, 0.4) is 0 Å². The molecule has 0 saturated heterocycles. The first-order valence-corrected chi connectivity index (χ1v) is 16.6. The average Bonchev–Trinajstić information content (AvgIpc) is 3.78. The van der Waals surface area contributed by atoms with Gasteiger partial charge in [0.15, 0.2) is 23.1 Å². The van der Waals surface area contributed by atoms with E-state index in [1.54, 1.807) is 0 Å². The number of oxazole rings is 1. The molecule has 7 aromatic carbocycles. The van der Waals surface area contributed by atoms with Crippen LogP contribution in [0, 0.1) is 0 Å². The maximum Gasteiger partial charge on any atom is 0.229 e. The van der Waals surface area contributed by atoms with Gasteiger partial charge in [-0.2, -0.15) is 0 Å². The maximum atomic E-state index is 6.36. The van der Waals surface area contributed by atoms with Gasteiger partial charge in [-0.15, -0.1) is 0 Å². The summed E-state index contributed by atoms with van der Waals surface area (Å²) in [6.45, 7) is 0. The van der Waals surface area contributed by atoms with Crippen molar-refractivity contribution >= 4 is 43.7 Å². The second-order valence-electron chi connectivity index (χ2n) is 12.3. The molecule has 234 valence electrons. The monoisotopic (exact) mass is 641 g/mol. The van der Waals surface area contributed by atoms with E-state index >= 15 is 0 Å². The molecule has 0 aliphatic rings. The van der Waals surface area contributed by atoms with Crippen LogP contribution in [0.5, 0.6) is 0 Å². The highest BCUT2D eigenvalue weighted by Crippen LogP contribution is 2.41. The lowest BCUT2D eigenvalue weighted by Gasteiger charge is -2.16. The summed E-state index contributed by atoms with van der Waals surface area (Å²) in [6.07, 6.45) is 0. The summed E-state index contributed by atoms with van der Waals surface area (Å²) in [6, 6.07) is 55.8. The molecule has 0 N–H and O–H groups in total. The number of nitrogens with zero attached hydrogens (tertiary/aromatic N) is 5. The predicted molar refractivity (Wildman–Crippen MR) is 201 cm³/mol. The van der Waals surface area contributed by atoms with Crippen molar-refractivity contribution in [3.63, 3.8) is 0 Å². The molecule has 0 saturated carbocycles.